The summed E-state index contributed by atoms with van der Waals surface area (Å²) in [7, 11) is 1.78. The Balaban J connectivity index is 1.96. The maximum absolute atomic E-state index is 4.95. The molecule has 3 aliphatic rings. The third-order valence-corrected chi connectivity index (χ3v) is 4.41. The SMILES string of the molecule is CNC(=S)NN=CC1=CC[C@H]2C[C@H]1C2(C)C. The molecule has 4 heteroatoms. The van der Waals surface area contributed by atoms with Gasteiger partial charge in [-0.05, 0) is 47.9 Å². The van der Waals surface area contributed by atoms with Crippen LogP contribution in [0.25, 0.3) is 0 Å². The molecule has 0 amide bonds. The Morgan fingerprint density at radius 2 is 2.38 bits per heavy atom. The number of rotatable bonds is 2. The molecule has 0 aliphatic heterocycles. The van der Waals surface area contributed by atoms with E-state index in [2.05, 4.69) is 35.8 Å². The van der Waals surface area contributed by atoms with Gasteiger partial charge in [0, 0.05) is 7.05 Å². The lowest BCUT2D eigenvalue weighted by atomic mass is 9.49. The first-order valence-corrected chi connectivity index (χ1v) is 6.17. The second-order valence-corrected chi connectivity index (χ2v) is 5.60. The van der Waals surface area contributed by atoms with Gasteiger partial charge in [-0.25, -0.2) is 0 Å². The van der Waals surface area contributed by atoms with E-state index in [1.807, 2.05) is 6.21 Å². The van der Waals surface area contributed by atoms with Crippen molar-refractivity contribution in [2.24, 2.45) is 22.4 Å². The van der Waals surface area contributed by atoms with E-state index < -0.39 is 0 Å². The van der Waals surface area contributed by atoms with Crippen LogP contribution in [0.4, 0.5) is 0 Å². The molecule has 2 bridgehead atoms. The summed E-state index contributed by atoms with van der Waals surface area (Å²) in [4.78, 5) is 0. The van der Waals surface area contributed by atoms with Crippen molar-refractivity contribution in [3.8, 4) is 0 Å². The zero-order valence-corrected chi connectivity index (χ0v) is 10.9. The van der Waals surface area contributed by atoms with E-state index in [-0.39, 0.29) is 0 Å². The van der Waals surface area contributed by atoms with Gasteiger partial charge in [0.15, 0.2) is 5.11 Å². The van der Waals surface area contributed by atoms with Crippen molar-refractivity contribution < 1.29 is 0 Å². The molecule has 3 aliphatic carbocycles. The Hall–Kier alpha value is -0.900. The Morgan fingerprint density at radius 1 is 1.62 bits per heavy atom. The van der Waals surface area contributed by atoms with Crippen LogP contribution in [0.1, 0.15) is 26.7 Å². The van der Waals surface area contributed by atoms with Crippen LogP contribution in [-0.4, -0.2) is 18.4 Å². The van der Waals surface area contributed by atoms with Crippen molar-refractivity contribution in [1.29, 1.82) is 0 Å². The standard InChI is InChI=1S/C12H19N3S/c1-12(2)9-5-4-8(10(12)6-9)7-14-15-11(16)13-3/h4,7,9-10H,5-6H2,1-3H3,(H2,13,15,16)/t9-,10+/m0/s1. The largest absolute Gasteiger partial charge is 0.364 e. The summed E-state index contributed by atoms with van der Waals surface area (Å²) in [6.07, 6.45) is 6.76. The van der Waals surface area contributed by atoms with Crippen LogP contribution in [0.5, 0.6) is 0 Å². The second kappa shape index (κ2) is 4.17. The Bertz CT molecular complexity index is 357. The average molecular weight is 237 g/mol. The highest BCUT2D eigenvalue weighted by Gasteiger charge is 2.50. The first-order valence-electron chi connectivity index (χ1n) is 5.76. The first-order chi connectivity index (χ1) is 7.55. The molecule has 2 N–H and O–H groups in total. The van der Waals surface area contributed by atoms with Crippen LogP contribution in [0.15, 0.2) is 16.8 Å². The van der Waals surface area contributed by atoms with Gasteiger partial charge in [-0.2, -0.15) is 5.10 Å². The van der Waals surface area contributed by atoms with E-state index >= 15 is 0 Å². The minimum absolute atomic E-state index is 0.458. The second-order valence-electron chi connectivity index (χ2n) is 5.20. The van der Waals surface area contributed by atoms with Crippen molar-refractivity contribution in [2.75, 3.05) is 7.05 Å². The first kappa shape index (κ1) is 11.6. The molecule has 0 heterocycles. The topological polar surface area (TPSA) is 36.4 Å². The monoisotopic (exact) mass is 237 g/mol. The maximum atomic E-state index is 4.95. The Labute approximate surface area is 102 Å². The van der Waals surface area contributed by atoms with Crippen LogP contribution in [0, 0.1) is 17.3 Å². The van der Waals surface area contributed by atoms with Crippen molar-refractivity contribution >= 4 is 23.5 Å². The van der Waals surface area contributed by atoms with Gasteiger partial charge in [0.1, 0.15) is 0 Å². The molecule has 3 nitrogen and oxygen atoms in total. The zero-order valence-electron chi connectivity index (χ0n) is 10.1. The van der Waals surface area contributed by atoms with E-state index in [9.17, 15) is 0 Å². The number of thiocarbonyl (C=S) groups is 1. The molecular formula is C12H19N3S. The molecule has 16 heavy (non-hydrogen) atoms. The lowest BCUT2D eigenvalue weighted by Crippen LogP contribution is -2.48. The van der Waals surface area contributed by atoms with Crippen LogP contribution in [0.2, 0.25) is 0 Å². The Morgan fingerprint density at radius 3 is 2.94 bits per heavy atom. The van der Waals surface area contributed by atoms with E-state index in [1.165, 1.54) is 18.4 Å². The lowest BCUT2D eigenvalue weighted by molar-refractivity contribution is -0.00126. The van der Waals surface area contributed by atoms with Gasteiger partial charge in [0.2, 0.25) is 0 Å². The Kier molecular flexibility index (Phi) is 3.02. The fourth-order valence-corrected chi connectivity index (χ4v) is 2.82. The van der Waals surface area contributed by atoms with Crippen LogP contribution < -0.4 is 10.7 Å². The number of allylic oxidation sites excluding steroid dienone is 2. The summed E-state index contributed by atoms with van der Waals surface area (Å²) < 4.78 is 0. The summed E-state index contributed by atoms with van der Waals surface area (Å²) >= 11 is 4.95. The molecule has 3 rings (SSSR count). The number of fused-ring (bicyclic) bond motifs is 1. The molecule has 0 spiro atoms. The maximum Gasteiger partial charge on any atom is 0.186 e. The van der Waals surface area contributed by atoms with Gasteiger partial charge in [-0.1, -0.05) is 19.9 Å². The summed E-state index contributed by atoms with van der Waals surface area (Å²) in [6, 6.07) is 0. The van der Waals surface area contributed by atoms with E-state index in [0.717, 1.165) is 5.92 Å². The fraction of sp³-hybridized carbons (Fsp3) is 0.667. The predicted molar refractivity (Wildman–Crippen MR) is 71.4 cm³/mol. The van der Waals surface area contributed by atoms with E-state index in [1.54, 1.807) is 7.05 Å². The highest BCUT2D eigenvalue weighted by molar-refractivity contribution is 7.80. The zero-order chi connectivity index (χ0) is 11.8. The van der Waals surface area contributed by atoms with Gasteiger partial charge in [0.05, 0.1) is 6.21 Å². The van der Waals surface area contributed by atoms with Gasteiger partial charge in [-0.3, -0.25) is 5.43 Å². The predicted octanol–water partition coefficient (Wildman–Crippen LogP) is 2.06. The smallest absolute Gasteiger partial charge is 0.186 e. The summed E-state index contributed by atoms with van der Waals surface area (Å²) in [5, 5.41) is 7.54. The highest BCUT2D eigenvalue weighted by atomic mass is 32.1. The van der Waals surface area contributed by atoms with Crippen molar-refractivity contribution in [2.45, 2.75) is 26.7 Å². The van der Waals surface area contributed by atoms with Crippen LogP contribution in [0.3, 0.4) is 0 Å². The number of hydrogen-bond donors (Lipinski definition) is 2. The summed E-state index contributed by atoms with van der Waals surface area (Å²) in [5.74, 6) is 1.56. The fourth-order valence-electron chi connectivity index (χ4n) is 2.77. The van der Waals surface area contributed by atoms with Gasteiger partial charge >= 0.3 is 0 Å². The van der Waals surface area contributed by atoms with Crippen molar-refractivity contribution in [3.63, 3.8) is 0 Å². The normalized spacial score (nSPS) is 30.6. The van der Waals surface area contributed by atoms with Gasteiger partial charge in [0.25, 0.3) is 0 Å². The quantitative estimate of drug-likeness (QED) is 0.438. The number of nitrogens with zero attached hydrogens (tertiary/aromatic N) is 1. The highest BCUT2D eigenvalue weighted by Crippen LogP contribution is 2.58. The third-order valence-electron chi connectivity index (χ3n) is 4.12. The van der Waals surface area contributed by atoms with Crippen LogP contribution in [-0.2, 0) is 0 Å². The molecule has 0 aromatic rings. The minimum Gasteiger partial charge on any atom is -0.364 e. The molecule has 88 valence electrons. The molecule has 0 saturated heterocycles. The van der Waals surface area contributed by atoms with E-state index in [0.29, 0.717) is 16.4 Å². The van der Waals surface area contributed by atoms with Crippen molar-refractivity contribution in [1.82, 2.24) is 10.7 Å². The molecular weight excluding hydrogens is 218 g/mol. The van der Waals surface area contributed by atoms with Gasteiger partial charge < -0.3 is 5.32 Å². The molecule has 1 fully saturated rings. The number of hydrogen-bond acceptors (Lipinski definition) is 2. The number of nitrogens with one attached hydrogen (secondary N) is 2. The van der Waals surface area contributed by atoms with E-state index in [4.69, 9.17) is 12.2 Å². The minimum atomic E-state index is 0.458. The lowest BCUT2D eigenvalue weighted by Gasteiger charge is -2.55. The molecule has 1 saturated carbocycles. The average Bonchev–Trinajstić information content (AvgIpc) is 2.28. The summed E-state index contributed by atoms with van der Waals surface area (Å²) in [6.45, 7) is 4.72. The molecule has 0 unspecified atom stereocenters. The molecule has 2 atom stereocenters. The molecule has 0 aromatic carbocycles. The molecule has 0 aromatic heterocycles. The van der Waals surface area contributed by atoms with Gasteiger partial charge in [-0.15, -0.1) is 0 Å². The van der Waals surface area contributed by atoms with Crippen molar-refractivity contribution in [3.05, 3.63) is 11.6 Å². The summed E-state index contributed by atoms with van der Waals surface area (Å²) in [5.41, 5.74) is 4.61. The third kappa shape index (κ3) is 1.86. The molecule has 0 radical (unpaired) electrons. The number of hydrazone groups is 1. The van der Waals surface area contributed by atoms with Crippen LogP contribution >= 0.6 is 12.2 Å².